The van der Waals surface area contributed by atoms with Gasteiger partial charge in [-0.1, -0.05) is 30.3 Å². The molecular formula is C10H13NO2. The molecule has 0 radical (unpaired) electrons. The predicted molar refractivity (Wildman–Crippen MR) is 50.1 cm³/mol. The van der Waals surface area contributed by atoms with E-state index in [1.54, 1.807) is 38.4 Å². The van der Waals surface area contributed by atoms with Crippen molar-refractivity contribution in [3.8, 4) is 0 Å². The van der Waals surface area contributed by atoms with Crippen molar-refractivity contribution in [3.63, 3.8) is 0 Å². The Balaban J connectivity index is 2.80. The molecule has 1 amide bonds. The van der Waals surface area contributed by atoms with Crippen molar-refractivity contribution in [2.45, 2.75) is 6.10 Å². The highest BCUT2D eigenvalue weighted by Crippen LogP contribution is 2.13. The Morgan fingerprint density at radius 3 is 2.31 bits per heavy atom. The van der Waals surface area contributed by atoms with Crippen molar-refractivity contribution in [3.05, 3.63) is 35.9 Å². The van der Waals surface area contributed by atoms with E-state index in [1.807, 2.05) is 6.07 Å². The molecule has 0 unspecified atom stereocenters. The number of benzene rings is 1. The minimum Gasteiger partial charge on any atom is -0.378 e. The quantitative estimate of drug-likeness (QED) is 0.729. The molecule has 0 aliphatic carbocycles. The summed E-state index contributed by atoms with van der Waals surface area (Å²) in [5, 5.41) is 9.57. The summed E-state index contributed by atoms with van der Waals surface area (Å²) >= 11 is 0. The van der Waals surface area contributed by atoms with Crippen LogP contribution in [0.2, 0.25) is 0 Å². The Morgan fingerprint density at radius 1 is 1.31 bits per heavy atom. The van der Waals surface area contributed by atoms with Crippen LogP contribution in [-0.4, -0.2) is 30.0 Å². The number of likely N-dealkylation sites (N-methyl/N-ethyl adjacent to an activating group) is 1. The number of aliphatic hydroxyl groups is 1. The highest BCUT2D eigenvalue weighted by Gasteiger charge is 2.17. The summed E-state index contributed by atoms with van der Waals surface area (Å²) in [5.41, 5.74) is 0.626. The molecule has 0 heterocycles. The molecule has 1 atom stereocenters. The van der Waals surface area contributed by atoms with Gasteiger partial charge in [-0.3, -0.25) is 4.79 Å². The Hall–Kier alpha value is -1.35. The van der Waals surface area contributed by atoms with Crippen molar-refractivity contribution in [2.24, 2.45) is 0 Å². The second kappa shape index (κ2) is 4.05. The molecule has 13 heavy (non-hydrogen) atoms. The van der Waals surface area contributed by atoms with Crippen molar-refractivity contribution in [2.75, 3.05) is 14.1 Å². The lowest BCUT2D eigenvalue weighted by atomic mass is 10.1. The Labute approximate surface area is 77.6 Å². The molecule has 1 N–H and O–H groups in total. The third kappa shape index (κ3) is 2.29. The summed E-state index contributed by atoms with van der Waals surface area (Å²) in [7, 11) is 3.24. The Morgan fingerprint density at radius 2 is 1.85 bits per heavy atom. The topological polar surface area (TPSA) is 40.5 Å². The van der Waals surface area contributed by atoms with Gasteiger partial charge in [-0.05, 0) is 5.56 Å². The van der Waals surface area contributed by atoms with Crippen LogP contribution in [0.4, 0.5) is 0 Å². The summed E-state index contributed by atoms with van der Waals surface area (Å²) in [6, 6.07) is 8.89. The molecule has 0 spiro atoms. The van der Waals surface area contributed by atoms with Crippen LogP contribution in [0.1, 0.15) is 11.7 Å². The first-order valence-electron chi connectivity index (χ1n) is 4.07. The fraction of sp³-hybridized carbons (Fsp3) is 0.300. The minimum atomic E-state index is -1.05. The molecule has 0 saturated carbocycles. The van der Waals surface area contributed by atoms with Crippen LogP contribution < -0.4 is 0 Å². The first-order valence-corrected chi connectivity index (χ1v) is 4.07. The number of hydrogen-bond donors (Lipinski definition) is 1. The van der Waals surface area contributed by atoms with Crippen LogP contribution in [0.15, 0.2) is 30.3 Å². The second-order valence-corrected chi connectivity index (χ2v) is 3.05. The summed E-state index contributed by atoms with van der Waals surface area (Å²) in [4.78, 5) is 12.7. The molecule has 3 nitrogen and oxygen atoms in total. The lowest BCUT2D eigenvalue weighted by Gasteiger charge is -2.15. The predicted octanol–water partition coefficient (Wildman–Crippen LogP) is 0.808. The first-order chi connectivity index (χ1) is 6.13. The van der Waals surface area contributed by atoms with E-state index in [1.165, 1.54) is 4.90 Å². The fourth-order valence-electron chi connectivity index (χ4n) is 1.02. The molecule has 70 valence electrons. The standard InChI is InChI=1S/C10H13NO2/c1-11(2)10(13)9(12)8-6-4-3-5-7-8/h3-7,9,12H,1-2H3/t9-/m0/s1. The normalized spacial score (nSPS) is 12.2. The summed E-state index contributed by atoms with van der Waals surface area (Å²) < 4.78 is 0. The number of carbonyl (C=O) groups excluding carboxylic acids is 1. The molecule has 1 aromatic rings. The van der Waals surface area contributed by atoms with Gasteiger partial charge in [0.25, 0.3) is 5.91 Å². The van der Waals surface area contributed by atoms with Crippen molar-refractivity contribution in [1.29, 1.82) is 0 Å². The van der Waals surface area contributed by atoms with Crippen LogP contribution in [0, 0.1) is 0 Å². The van der Waals surface area contributed by atoms with Gasteiger partial charge < -0.3 is 10.0 Å². The zero-order valence-corrected chi connectivity index (χ0v) is 7.77. The molecule has 0 fully saturated rings. The third-order valence-electron chi connectivity index (χ3n) is 1.79. The first kappa shape index (κ1) is 9.74. The van der Waals surface area contributed by atoms with Crippen LogP contribution >= 0.6 is 0 Å². The smallest absolute Gasteiger partial charge is 0.255 e. The molecule has 0 aliphatic rings. The number of rotatable bonds is 2. The minimum absolute atomic E-state index is 0.300. The van der Waals surface area contributed by atoms with E-state index < -0.39 is 6.10 Å². The van der Waals surface area contributed by atoms with Crippen LogP contribution in [0.3, 0.4) is 0 Å². The van der Waals surface area contributed by atoms with Crippen molar-refractivity contribution < 1.29 is 9.90 Å². The summed E-state index contributed by atoms with van der Waals surface area (Å²) in [6.45, 7) is 0. The lowest BCUT2D eigenvalue weighted by Crippen LogP contribution is -2.27. The van der Waals surface area contributed by atoms with E-state index in [0.29, 0.717) is 5.56 Å². The van der Waals surface area contributed by atoms with E-state index in [-0.39, 0.29) is 5.91 Å². The molecule has 0 saturated heterocycles. The Kier molecular flexibility index (Phi) is 3.03. The number of nitrogens with zero attached hydrogens (tertiary/aromatic N) is 1. The SMILES string of the molecule is CN(C)C(=O)[C@@H](O)c1ccccc1. The fourth-order valence-corrected chi connectivity index (χ4v) is 1.02. The number of amides is 1. The van der Waals surface area contributed by atoms with E-state index in [2.05, 4.69) is 0 Å². The largest absolute Gasteiger partial charge is 0.378 e. The van der Waals surface area contributed by atoms with E-state index >= 15 is 0 Å². The second-order valence-electron chi connectivity index (χ2n) is 3.05. The van der Waals surface area contributed by atoms with Gasteiger partial charge in [0.15, 0.2) is 6.10 Å². The monoisotopic (exact) mass is 179 g/mol. The van der Waals surface area contributed by atoms with Crippen LogP contribution in [0.5, 0.6) is 0 Å². The molecule has 0 aliphatic heterocycles. The van der Waals surface area contributed by atoms with Gasteiger partial charge in [0.1, 0.15) is 0 Å². The van der Waals surface area contributed by atoms with Gasteiger partial charge in [0.05, 0.1) is 0 Å². The van der Waals surface area contributed by atoms with E-state index in [0.717, 1.165) is 0 Å². The third-order valence-corrected chi connectivity index (χ3v) is 1.79. The zero-order valence-electron chi connectivity index (χ0n) is 7.77. The molecular weight excluding hydrogens is 166 g/mol. The van der Waals surface area contributed by atoms with Crippen LogP contribution in [-0.2, 0) is 4.79 Å². The highest BCUT2D eigenvalue weighted by atomic mass is 16.3. The van der Waals surface area contributed by atoms with Crippen LogP contribution in [0.25, 0.3) is 0 Å². The zero-order chi connectivity index (χ0) is 9.84. The van der Waals surface area contributed by atoms with Gasteiger partial charge in [-0.2, -0.15) is 0 Å². The molecule has 0 aromatic heterocycles. The highest BCUT2D eigenvalue weighted by molar-refractivity contribution is 5.81. The average Bonchev–Trinajstić information content (AvgIpc) is 2.17. The molecule has 0 bridgehead atoms. The number of hydrogen-bond acceptors (Lipinski definition) is 2. The molecule has 1 rings (SSSR count). The molecule has 3 heteroatoms. The van der Waals surface area contributed by atoms with Crippen molar-refractivity contribution in [1.82, 2.24) is 4.90 Å². The van der Waals surface area contributed by atoms with E-state index in [9.17, 15) is 9.90 Å². The van der Waals surface area contributed by atoms with Crippen molar-refractivity contribution >= 4 is 5.91 Å². The summed E-state index contributed by atoms with van der Waals surface area (Å²) in [5.74, 6) is -0.300. The molecule has 1 aromatic carbocycles. The average molecular weight is 179 g/mol. The van der Waals surface area contributed by atoms with Gasteiger partial charge >= 0.3 is 0 Å². The Bertz CT molecular complexity index is 282. The number of aliphatic hydroxyl groups excluding tert-OH is 1. The maximum absolute atomic E-state index is 11.3. The van der Waals surface area contributed by atoms with Gasteiger partial charge in [-0.15, -0.1) is 0 Å². The number of carbonyl (C=O) groups is 1. The van der Waals surface area contributed by atoms with Gasteiger partial charge in [-0.25, -0.2) is 0 Å². The van der Waals surface area contributed by atoms with Gasteiger partial charge in [0, 0.05) is 14.1 Å². The lowest BCUT2D eigenvalue weighted by molar-refractivity contribution is -0.137. The van der Waals surface area contributed by atoms with Gasteiger partial charge in [0.2, 0.25) is 0 Å². The summed E-state index contributed by atoms with van der Waals surface area (Å²) in [6.07, 6.45) is -1.05. The van der Waals surface area contributed by atoms with E-state index in [4.69, 9.17) is 0 Å². The maximum atomic E-state index is 11.3. The maximum Gasteiger partial charge on any atom is 0.255 e.